The molecule has 4 nitrogen and oxygen atoms in total. The summed E-state index contributed by atoms with van der Waals surface area (Å²) in [6.45, 7) is 5.06. The van der Waals surface area contributed by atoms with Crippen LogP contribution >= 0.6 is 11.3 Å². The molecule has 5 heteroatoms. The Kier molecular flexibility index (Phi) is 3.78. The molecule has 0 spiro atoms. The summed E-state index contributed by atoms with van der Waals surface area (Å²) in [5.74, 6) is -0.469. The lowest BCUT2D eigenvalue weighted by Gasteiger charge is -2.21. The van der Waals surface area contributed by atoms with Gasteiger partial charge >= 0.3 is 5.97 Å². The number of carboxylic acid groups (broad SMARTS) is 1. The fourth-order valence-electron chi connectivity index (χ4n) is 3.48. The number of nitrogens with zero attached hydrogens (tertiary/aromatic N) is 1. The van der Waals surface area contributed by atoms with Crippen LogP contribution < -0.4 is 0 Å². The molecular weight excluding hydrogens is 286 g/mol. The highest BCUT2D eigenvalue weighted by Crippen LogP contribution is 2.34. The van der Waals surface area contributed by atoms with E-state index in [1.165, 1.54) is 10.4 Å². The summed E-state index contributed by atoms with van der Waals surface area (Å²) >= 11 is 1.69. The Bertz CT molecular complexity index is 580. The van der Waals surface area contributed by atoms with Crippen LogP contribution in [0.2, 0.25) is 0 Å². The first-order valence-corrected chi connectivity index (χ1v) is 8.46. The fraction of sp³-hybridized carbons (Fsp3) is 0.625. The number of carbonyl (C=O) groups excluding carboxylic acids is 1. The lowest BCUT2D eigenvalue weighted by Crippen LogP contribution is -2.30. The zero-order valence-corrected chi connectivity index (χ0v) is 13.3. The summed E-state index contributed by atoms with van der Waals surface area (Å²) in [7, 11) is 0. The van der Waals surface area contributed by atoms with Crippen molar-refractivity contribution in [2.45, 2.75) is 33.1 Å². The second kappa shape index (κ2) is 5.44. The molecule has 1 amide bonds. The Balaban J connectivity index is 1.79. The third-order valence-corrected chi connectivity index (χ3v) is 5.90. The van der Waals surface area contributed by atoms with E-state index in [0.717, 1.165) is 24.8 Å². The predicted octanol–water partition coefficient (Wildman–Crippen LogP) is 2.67. The van der Waals surface area contributed by atoms with Gasteiger partial charge in [0.25, 0.3) is 5.91 Å². The van der Waals surface area contributed by atoms with Crippen molar-refractivity contribution >= 4 is 23.2 Å². The Morgan fingerprint density at radius 1 is 1.33 bits per heavy atom. The van der Waals surface area contributed by atoms with Crippen LogP contribution in [-0.2, 0) is 17.6 Å². The average Bonchev–Trinajstić information content (AvgIpc) is 3.01. The second-order valence-electron chi connectivity index (χ2n) is 6.53. The van der Waals surface area contributed by atoms with Crippen LogP contribution in [0.15, 0.2) is 5.38 Å². The maximum atomic E-state index is 12.7. The molecule has 1 fully saturated rings. The number of hydrogen-bond donors (Lipinski definition) is 1. The molecule has 1 aromatic rings. The molecule has 1 aliphatic heterocycles. The molecule has 1 aromatic heterocycles. The predicted molar refractivity (Wildman–Crippen MR) is 81.7 cm³/mol. The second-order valence-corrected chi connectivity index (χ2v) is 7.50. The first-order chi connectivity index (χ1) is 9.97. The third-order valence-electron chi connectivity index (χ3n) is 4.85. The largest absolute Gasteiger partial charge is 0.481 e. The third kappa shape index (κ3) is 2.59. The highest BCUT2D eigenvalue weighted by molar-refractivity contribution is 7.10. The minimum Gasteiger partial charge on any atom is -0.481 e. The maximum Gasteiger partial charge on any atom is 0.308 e. The van der Waals surface area contributed by atoms with Gasteiger partial charge in [0.05, 0.1) is 11.5 Å². The van der Waals surface area contributed by atoms with Crippen molar-refractivity contribution < 1.29 is 14.7 Å². The van der Waals surface area contributed by atoms with Crippen molar-refractivity contribution in [2.24, 2.45) is 17.8 Å². The highest BCUT2D eigenvalue weighted by atomic mass is 32.1. The van der Waals surface area contributed by atoms with Crippen LogP contribution in [0.5, 0.6) is 0 Å². The van der Waals surface area contributed by atoms with E-state index in [-0.39, 0.29) is 11.8 Å². The van der Waals surface area contributed by atoms with Gasteiger partial charge in [-0.25, -0.2) is 0 Å². The van der Waals surface area contributed by atoms with Crippen LogP contribution in [0.3, 0.4) is 0 Å². The van der Waals surface area contributed by atoms with Gasteiger partial charge in [0.15, 0.2) is 0 Å². The van der Waals surface area contributed by atoms with Gasteiger partial charge in [-0.1, -0.05) is 13.8 Å². The fourth-order valence-corrected chi connectivity index (χ4v) is 4.72. The topological polar surface area (TPSA) is 57.6 Å². The number of carbonyl (C=O) groups is 2. The van der Waals surface area contributed by atoms with Gasteiger partial charge < -0.3 is 10.0 Å². The molecule has 0 radical (unpaired) electrons. The molecule has 114 valence electrons. The van der Waals surface area contributed by atoms with E-state index in [4.69, 9.17) is 0 Å². The van der Waals surface area contributed by atoms with Gasteiger partial charge in [-0.3, -0.25) is 9.59 Å². The average molecular weight is 307 g/mol. The summed E-state index contributed by atoms with van der Waals surface area (Å²) < 4.78 is 0. The lowest BCUT2D eigenvalue weighted by atomic mass is 9.88. The van der Waals surface area contributed by atoms with Gasteiger partial charge in [-0.2, -0.15) is 0 Å². The number of rotatable bonds is 2. The minimum absolute atomic E-state index is 0.0256. The van der Waals surface area contributed by atoms with E-state index >= 15 is 0 Å². The van der Waals surface area contributed by atoms with Crippen LogP contribution in [-0.4, -0.2) is 35.0 Å². The van der Waals surface area contributed by atoms with Crippen molar-refractivity contribution in [1.29, 1.82) is 0 Å². The van der Waals surface area contributed by atoms with Crippen molar-refractivity contribution in [3.63, 3.8) is 0 Å². The number of hydrogen-bond acceptors (Lipinski definition) is 3. The maximum absolute atomic E-state index is 12.7. The molecule has 0 aromatic carbocycles. The molecule has 3 rings (SSSR count). The summed E-state index contributed by atoms with van der Waals surface area (Å²) in [5, 5.41) is 11.2. The number of amides is 1. The molecule has 2 heterocycles. The van der Waals surface area contributed by atoms with Gasteiger partial charge in [0.1, 0.15) is 0 Å². The smallest absolute Gasteiger partial charge is 0.308 e. The van der Waals surface area contributed by atoms with E-state index in [1.807, 2.05) is 12.3 Å². The Morgan fingerprint density at radius 2 is 2.10 bits per heavy atom. The molecule has 1 N–H and O–H groups in total. The summed E-state index contributed by atoms with van der Waals surface area (Å²) in [6.07, 6.45) is 3.19. The Morgan fingerprint density at radius 3 is 2.76 bits per heavy atom. The quantitative estimate of drug-likeness (QED) is 0.914. The van der Waals surface area contributed by atoms with E-state index in [1.54, 1.807) is 16.2 Å². The molecular formula is C16H21NO3S. The lowest BCUT2D eigenvalue weighted by molar-refractivity contribution is -0.142. The number of fused-ring (bicyclic) bond motifs is 1. The zero-order valence-electron chi connectivity index (χ0n) is 12.5. The summed E-state index contributed by atoms with van der Waals surface area (Å²) in [5.41, 5.74) is 2.04. The number of likely N-dealkylation sites (tertiary alicyclic amines) is 1. The SMILES string of the molecule is CC1CCc2c(C(=O)N3CC(C)C(C(=O)O)C3)csc2C1. The van der Waals surface area contributed by atoms with E-state index in [2.05, 4.69) is 6.92 Å². The van der Waals surface area contributed by atoms with Gasteiger partial charge in [-0.05, 0) is 36.7 Å². The van der Waals surface area contributed by atoms with Crippen LogP contribution in [0.4, 0.5) is 0 Å². The van der Waals surface area contributed by atoms with E-state index in [9.17, 15) is 14.7 Å². The zero-order chi connectivity index (χ0) is 15.1. The number of carboxylic acids is 1. The van der Waals surface area contributed by atoms with Crippen molar-refractivity contribution in [3.8, 4) is 0 Å². The van der Waals surface area contributed by atoms with Crippen molar-refractivity contribution in [3.05, 3.63) is 21.4 Å². The Labute approximate surface area is 128 Å². The molecule has 0 saturated carbocycles. The number of aliphatic carboxylic acids is 1. The van der Waals surface area contributed by atoms with Gasteiger partial charge in [0.2, 0.25) is 0 Å². The highest BCUT2D eigenvalue weighted by Gasteiger charge is 2.38. The molecule has 21 heavy (non-hydrogen) atoms. The molecule has 0 bridgehead atoms. The minimum atomic E-state index is -0.793. The first kappa shape index (κ1) is 14.6. The number of thiophene rings is 1. The van der Waals surface area contributed by atoms with E-state index < -0.39 is 11.9 Å². The van der Waals surface area contributed by atoms with Crippen LogP contribution in [0, 0.1) is 17.8 Å². The monoisotopic (exact) mass is 307 g/mol. The first-order valence-electron chi connectivity index (χ1n) is 7.58. The van der Waals surface area contributed by atoms with Crippen molar-refractivity contribution in [2.75, 3.05) is 13.1 Å². The molecule has 3 unspecified atom stereocenters. The Hall–Kier alpha value is -1.36. The molecule has 2 aliphatic rings. The molecule has 1 saturated heterocycles. The van der Waals surface area contributed by atoms with Crippen molar-refractivity contribution in [1.82, 2.24) is 4.90 Å². The molecule has 3 atom stereocenters. The summed E-state index contributed by atoms with van der Waals surface area (Å²) in [6, 6.07) is 0. The van der Waals surface area contributed by atoms with E-state index in [0.29, 0.717) is 19.0 Å². The molecule has 1 aliphatic carbocycles. The van der Waals surface area contributed by atoms with Crippen LogP contribution in [0.25, 0.3) is 0 Å². The normalized spacial score (nSPS) is 28.5. The summed E-state index contributed by atoms with van der Waals surface area (Å²) in [4.78, 5) is 27.0. The van der Waals surface area contributed by atoms with Gasteiger partial charge in [0, 0.05) is 23.3 Å². The van der Waals surface area contributed by atoms with Gasteiger partial charge in [-0.15, -0.1) is 11.3 Å². The van der Waals surface area contributed by atoms with Crippen LogP contribution in [0.1, 0.15) is 41.1 Å². The standard InChI is InChI=1S/C16H21NO3S/c1-9-3-4-11-13(8-21-14(11)5-9)15(18)17-6-10(2)12(7-17)16(19)20/h8-10,12H,3-7H2,1-2H3,(H,19,20).